The van der Waals surface area contributed by atoms with Crippen molar-refractivity contribution >= 4 is 45.1 Å². The molecule has 10 heteroatoms. The van der Waals surface area contributed by atoms with E-state index >= 15 is 0 Å². The molecule has 0 radical (unpaired) electrons. The van der Waals surface area contributed by atoms with Gasteiger partial charge in [0, 0.05) is 35.8 Å². The van der Waals surface area contributed by atoms with Gasteiger partial charge in [-0.05, 0) is 91.2 Å². The predicted octanol–water partition coefficient (Wildman–Crippen LogP) is 6.25. The molecule has 2 atom stereocenters. The molecular weight excluding hydrogens is 616 g/mol. The average molecular weight is 656 g/mol. The first-order valence-electron chi connectivity index (χ1n) is 14.1. The molecule has 224 valence electrons. The number of carbonyl (C=O) groups excluding carboxylic acids is 3. The summed E-state index contributed by atoms with van der Waals surface area (Å²) in [6.45, 7) is 14.1. The summed E-state index contributed by atoms with van der Waals surface area (Å²) >= 11 is 4.79. The number of nitrogens with zero attached hydrogens (tertiary/aromatic N) is 3. The largest absolute Gasteiger partial charge is 0.458 e. The Kier molecular flexibility index (Phi) is 9.57. The number of thiophene rings is 1. The molecule has 8 nitrogen and oxygen atoms in total. The van der Waals surface area contributed by atoms with Crippen LogP contribution in [-0.2, 0) is 26.2 Å². The van der Waals surface area contributed by atoms with E-state index in [1.54, 1.807) is 23.4 Å². The van der Waals surface area contributed by atoms with Crippen molar-refractivity contribution in [3.63, 3.8) is 0 Å². The van der Waals surface area contributed by atoms with Gasteiger partial charge in [0.15, 0.2) is 5.82 Å². The zero-order valence-corrected chi connectivity index (χ0v) is 27.7. The van der Waals surface area contributed by atoms with E-state index in [1.807, 2.05) is 52.0 Å². The second-order valence-corrected chi connectivity index (χ2v) is 14.7. The van der Waals surface area contributed by atoms with Gasteiger partial charge in [-0.3, -0.25) is 9.59 Å². The molecule has 0 saturated carbocycles. The van der Waals surface area contributed by atoms with Crippen LogP contribution in [0.2, 0.25) is 0 Å². The van der Waals surface area contributed by atoms with E-state index in [-0.39, 0.29) is 23.7 Å². The number of rotatable bonds is 7. The highest BCUT2D eigenvalue weighted by Crippen LogP contribution is 2.30. The number of esters is 1. The monoisotopic (exact) mass is 654 g/mol. The Morgan fingerprint density at radius 2 is 1.79 bits per heavy atom. The number of aromatic nitrogens is 2. The number of benzene rings is 1. The standard InChI is InChI=1S/C32H39BrN4O4S/c1-19-15-21(27-34-17-22(33)18-35-27)11-10-20(19)16-23(36-28(38)25-12-13-26(42-25)31(2,3)4)29(39)37-14-8-9-24(37)30(40)41-32(5,6)7/h10-13,15,17-18,23-24H,8-9,14,16H2,1-7H3,(H,36,38)/t23-,24-/m0/s1. The van der Waals surface area contributed by atoms with Crippen LogP contribution in [0.4, 0.5) is 0 Å². The van der Waals surface area contributed by atoms with Gasteiger partial charge in [0.25, 0.3) is 5.91 Å². The third-order valence-corrected chi connectivity index (χ3v) is 8.95. The number of halogens is 1. The number of amides is 2. The fraction of sp³-hybridized carbons (Fsp3) is 0.469. The molecule has 0 aliphatic carbocycles. The van der Waals surface area contributed by atoms with Crippen LogP contribution in [0, 0.1) is 6.92 Å². The Bertz CT molecular complexity index is 1460. The van der Waals surface area contributed by atoms with Gasteiger partial charge in [-0.25, -0.2) is 14.8 Å². The Labute approximate surface area is 260 Å². The topological polar surface area (TPSA) is 101 Å². The van der Waals surface area contributed by atoms with E-state index in [0.717, 1.165) is 26.0 Å². The molecule has 1 N–H and O–H groups in total. The summed E-state index contributed by atoms with van der Waals surface area (Å²) < 4.78 is 6.43. The first kappa shape index (κ1) is 31.8. The molecule has 42 heavy (non-hydrogen) atoms. The molecule has 0 unspecified atom stereocenters. The molecule has 0 bridgehead atoms. The van der Waals surface area contributed by atoms with Crippen LogP contribution in [0.5, 0.6) is 0 Å². The van der Waals surface area contributed by atoms with Gasteiger partial charge >= 0.3 is 5.97 Å². The lowest BCUT2D eigenvalue weighted by atomic mass is 9.95. The first-order chi connectivity index (χ1) is 19.6. The van der Waals surface area contributed by atoms with Crippen LogP contribution < -0.4 is 5.32 Å². The van der Waals surface area contributed by atoms with E-state index < -0.39 is 23.7 Å². The molecule has 1 fully saturated rings. The maximum Gasteiger partial charge on any atom is 0.329 e. The lowest BCUT2D eigenvalue weighted by molar-refractivity contribution is -0.163. The number of nitrogens with one attached hydrogen (secondary N) is 1. The van der Waals surface area contributed by atoms with Crippen LogP contribution in [0.3, 0.4) is 0 Å². The van der Waals surface area contributed by atoms with Gasteiger partial charge in [0.1, 0.15) is 17.7 Å². The van der Waals surface area contributed by atoms with Crippen LogP contribution in [-0.4, -0.2) is 56.9 Å². The van der Waals surface area contributed by atoms with Crippen LogP contribution in [0.15, 0.2) is 47.2 Å². The normalized spacial score (nSPS) is 16.3. The average Bonchev–Trinajstić information content (AvgIpc) is 3.59. The van der Waals surface area contributed by atoms with Crippen molar-refractivity contribution in [3.05, 3.63) is 68.1 Å². The molecule has 3 heterocycles. The fourth-order valence-electron chi connectivity index (χ4n) is 4.88. The third-order valence-electron chi connectivity index (χ3n) is 7.03. The number of likely N-dealkylation sites (tertiary alicyclic amines) is 1. The van der Waals surface area contributed by atoms with E-state index in [1.165, 1.54) is 11.3 Å². The summed E-state index contributed by atoms with van der Waals surface area (Å²) in [7, 11) is 0. The number of carbonyl (C=O) groups is 3. The lowest BCUT2D eigenvalue weighted by Gasteiger charge is -2.30. The number of aryl methyl sites for hydroxylation is 1. The molecule has 1 saturated heterocycles. The van der Waals surface area contributed by atoms with Gasteiger partial charge < -0.3 is 15.0 Å². The van der Waals surface area contributed by atoms with E-state index in [4.69, 9.17) is 4.74 Å². The van der Waals surface area contributed by atoms with Crippen LogP contribution in [0.25, 0.3) is 11.4 Å². The highest BCUT2D eigenvalue weighted by Gasteiger charge is 2.40. The Morgan fingerprint density at radius 3 is 2.38 bits per heavy atom. The zero-order valence-electron chi connectivity index (χ0n) is 25.3. The summed E-state index contributed by atoms with van der Waals surface area (Å²) in [5, 5.41) is 3.01. The van der Waals surface area contributed by atoms with Crippen molar-refractivity contribution in [2.24, 2.45) is 0 Å². The summed E-state index contributed by atoms with van der Waals surface area (Å²) in [5.41, 5.74) is 1.95. The van der Waals surface area contributed by atoms with Crippen molar-refractivity contribution in [2.75, 3.05) is 6.54 Å². The summed E-state index contributed by atoms with van der Waals surface area (Å²) in [5.74, 6) is -0.414. The van der Waals surface area contributed by atoms with Gasteiger partial charge in [0.2, 0.25) is 5.91 Å². The number of ether oxygens (including phenoxy) is 1. The van der Waals surface area contributed by atoms with Crippen LogP contribution >= 0.6 is 27.3 Å². The Morgan fingerprint density at radius 1 is 1.10 bits per heavy atom. The maximum atomic E-state index is 14.1. The van der Waals surface area contributed by atoms with Crippen molar-refractivity contribution in [2.45, 2.75) is 90.8 Å². The summed E-state index contributed by atoms with van der Waals surface area (Å²) in [6, 6.07) is 8.07. The van der Waals surface area contributed by atoms with Gasteiger partial charge in [-0.2, -0.15) is 0 Å². The van der Waals surface area contributed by atoms with Crippen LogP contribution in [0.1, 0.15) is 80.1 Å². The number of hydrogen-bond acceptors (Lipinski definition) is 7. The van der Waals surface area contributed by atoms with E-state index in [0.29, 0.717) is 30.1 Å². The summed E-state index contributed by atoms with van der Waals surface area (Å²) in [6.07, 6.45) is 4.89. The second kappa shape index (κ2) is 12.6. The first-order valence-corrected chi connectivity index (χ1v) is 15.8. The third kappa shape index (κ3) is 7.83. The Hall–Kier alpha value is -3.11. The minimum absolute atomic E-state index is 0.0913. The molecule has 4 rings (SSSR count). The molecule has 2 aromatic heterocycles. The minimum atomic E-state index is -0.866. The van der Waals surface area contributed by atoms with E-state index in [2.05, 4.69) is 52.0 Å². The minimum Gasteiger partial charge on any atom is -0.458 e. The molecule has 2 amide bonds. The summed E-state index contributed by atoms with van der Waals surface area (Å²) in [4.78, 5) is 52.6. The molecule has 1 aliphatic heterocycles. The SMILES string of the molecule is Cc1cc(-c2ncc(Br)cn2)ccc1C[C@H](NC(=O)c1ccc(C(C)(C)C)s1)C(=O)N1CCC[C@H]1C(=O)OC(C)(C)C. The molecule has 3 aromatic rings. The second-order valence-electron chi connectivity index (χ2n) is 12.7. The molecule has 1 aromatic carbocycles. The number of hydrogen-bond donors (Lipinski definition) is 1. The predicted molar refractivity (Wildman–Crippen MR) is 168 cm³/mol. The van der Waals surface area contributed by atoms with E-state index in [9.17, 15) is 14.4 Å². The highest BCUT2D eigenvalue weighted by atomic mass is 79.9. The molecular formula is C32H39BrN4O4S. The van der Waals surface area contributed by atoms with Crippen molar-refractivity contribution in [1.29, 1.82) is 0 Å². The highest BCUT2D eigenvalue weighted by molar-refractivity contribution is 9.10. The smallest absolute Gasteiger partial charge is 0.329 e. The van der Waals surface area contributed by atoms with Gasteiger partial charge in [-0.15, -0.1) is 11.3 Å². The van der Waals surface area contributed by atoms with Gasteiger partial charge in [0.05, 0.1) is 9.35 Å². The van der Waals surface area contributed by atoms with Crippen molar-refractivity contribution < 1.29 is 19.1 Å². The van der Waals surface area contributed by atoms with Crippen molar-refractivity contribution in [1.82, 2.24) is 20.2 Å². The lowest BCUT2D eigenvalue weighted by Crippen LogP contribution is -2.53. The fourth-order valence-corrected chi connectivity index (χ4v) is 6.05. The molecule has 1 aliphatic rings. The maximum absolute atomic E-state index is 14.1. The van der Waals surface area contributed by atoms with Gasteiger partial charge in [-0.1, -0.05) is 32.9 Å². The Balaban J connectivity index is 1.62. The quantitative estimate of drug-likeness (QED) is 0.302. The van der Waals surface area contributed by atoms with Crippen molar-refractivity contribution in [3.8, 4) is 11.4 Å². The zero-order chi connectivity index (χ0) is 30.8. The molecule has 0 spiro atoms.